The molecule has 2 aromatic rings. The number of thiophene rings is 1. The van der Waals surface area contributed by atoms with Gasteiger partial charge in [0.2, 0.25) is 12.1 Å². The van der Waals surface area contributed by atoms with Crippen molar-refractivity contribution in [3.05, 3.63) is 51.5 Å². The van der Waals surface area contributed by atoms with Crippen molar-refractivity contribution in [3.8, 4) is 5.75 Å². The van der Waals surface area contributed by atoms with Crippen LogP contribution in [-0.4, -0.2) is 29.3 Å². The van der Waals surface area contributed by atoms with Crippen LogP contribution in [-0.2, 0) is 10.3 Å². The fourth-order valence-corrected chi connectivity index (χ4v) is 5.33. The van der Waals surface area contributed by atoms with E-state index in [1.165, 1.54) is 17.4 Å². The van der Waals surface area contributed by atoms with Gasteiger partial charge in [-0.2, -0.15) is 0 Å². The summed E-state index contributed by atoms with van der Waals surface area (Å²) in [7, 11) is 1.61. The number of amidine groups is 1. The number of hydrazone groups is 1. The maximum atomic E-state index is 14.9. The van der Waals surface area contributed by atoms with Crippen LogP contribution in [0.15, 0.2) is 40.4 Å². The number of thioether (sulfide) groups is 1. The number of nitrogens with two attached hydrogens (primary N) is 1. The van der Waals surface area contributed by atoms with Crippen molar-refractivity contribution in [1.29, 1.82) is 0 Å². The largest absolute Gasteiger partial charge is 0.497 e. The summed E-state index contributed by atoms with van der Waals surface area (Å²) in [6.45, 7) is 5.98. The van der Waals surface area contributed by atoms with Gasteiger partial charge in [-0.15, -0.1) is 28.2 Å². The van der Waals surface area contributed by atoms with E-state index in [-0.39, 0.29) is 10.6 Å². The summed E-state index contributed by atoms with van der Waals surface area (Å²) in [6, 6.07) is 8.89. The smallest absolute Gasteiger partial charge is 0.240 e. The average Bonchev–Trinajstić information content (AvgIpc) is 3.33. The Morgan fingerprint density at radius 2 is 2.00 bits per heavy atom. The van der Waals surface area contributed by atoms with Crippen molar-refractivity contribution in [2.24, 2.45) is 15.8 Å². The summed E-state index contributed by atoms with van der Waals surface area (Å²) in [5, 5.41) is 4.26. The number of ether oxygens (including phenoxy) is 2. The van der Waals surface area contributed by atoms with Crippen LogP contribution in [0.1, 0.15) is 42.3 Å². The average molecular weight is 435 g/mol. The molecule has 0 bridgehead atoms. The predicted octanol–water partition coefficient (Wildman–Crippen LogP) is 3.97. The minimum Gasteiger partial charge on any atom is -0.497 e. The zero-order chi connectivity index (χ0) is 20.8. The molecule has 6 nitrogen and oxygen atoms in total. The van der Waals surface area contributed by atoms with Crippen LogP contribution in [0.25, 0.3) is 0 Å². The van der Waals surface area contributed by atoms with Gasteiger partial charge >= 0.3 is 0 Å². The fraction of sp³-hybridized carbons (Fsp3) is 0.400. The molecule has 154 valence electrons. The van der Waals surface area contributed by atoms with Gasteiger partial charge in [0.25, 0.3) is 0 Å². The fourth-order valence-electron chi connectivity index (χ4n) is 3.10. The van der Waals surface area contributed by atoms with Gasteiger partial charge in [-0.05, 0) is 51.1 Å². The van der Waals surface area contributed by atoms with Crippen LogP contribution in [0, 0.1) is 5.82 Å². The first-order chi connectivity index (χ1) is 13.7. The Bertz CT molecular complexity index is 987. The Balaban J connectivity index is 1.54. The number of nitrogens with zero attached hydrogens (tertiary/aromatic N) is 2. The molecule has 2 atom stereocenters. The molecule has 0 amide bonds. The van der Waals surface area contributed by atoms with E-state index in [0.717, 1.165) is 11.3 Å². The summed E-state index contributed by atoms with van der Waals surface area (Å²) >= 11 is 3.02. The van der Waals surface area contributed by atoms with Crippen LogP contribution in [0.2, 0.25) is 0 Å². The number of benzene rings is 1. The van der Waals surface area contributed by atoms with Gasteiger partial charge in [-0.25, -0.2) is 4.39 Å². The SMILES string of the molecule is COc1ccc(C2=NNC(c3cc(F)c([C@]4(C)CSC(C)(C)C(N)=N4)s3)O2)cc1. The molecule has 29 heavy (non-hydrogen) atoms. The Kier molecular flexibility index (Phi) is 4.98. The number of hydrogen-bond donors (Lipinski definition) is 2. The monoisotopic (exact) mass is 434 g/mol. The van der Waals surface area contributed by atoms with E-state index in [9.17, 15) is 4.39 Å². The van der Waals surface area contributed by atoms with Crippen molar-refractivity contribution >= 4 is 34.8 Å². The molecule has 4 rings (SSSR count). The van der Waals surface area contributed by atoms with E-state index >= 15 is 0 Å². The number of methoxy groups -OCH3 is 1. The van der Waals surface area contributed by atoms with E-state index in [2.05, 4.69) is 15.5 Å². The van der Waals surface area contributed by atoms with Crippen molar-refractivity contribution in [1.82, 2.24) is 5.43 Å². The highest BCUT2D eigenvalue weighted by Crippen LogP contribution is 2.45. The molecule has 0 spiro atoms. The second-order valence-electron chi connectivity index (χ2n) is 7.67. The van der Waals surface area contributed by atoms with Crippen LogP contribution in [0.5, 0.6) is 5.75 Å². The first-order valence-electron chi connectivity index (χ1n) is 9.15. The summed E-state index contributed by atoms with van der Waals surface area (Å²) in [5.41, 5.74) is 9.21. The summed E-state index contributed by atoms with van der Waals surface area (Å²) in [4.78, 5) is 5.92. The predicted molar refractivity (Wildman–Crippen MR) is 116 cm³/mol. The third kappa shape index (κ3) is 3.69. The van der Waals surface area contributed by atoms with Gasteiger partial charge in [0, 0.05) is 11.3 Å². The standard InChI is InChI=1S/C20H23FN4O2S2/c1-19(2)18(22)23-20(3,10-28-19)15-13(21)9-14(29-15)17-25-24-16(27-17)11-5-7-12(26-4)8-6-11/h5-9,17,25H,10H2,1-4H3,(H2,22,23)/t17?,20-/m0/s1. The second kappa shape index (κ2) is 7.21. The molecule has 1 aromatic heterocycles. The summed E-state index contributed by atoms with van der Waals surface area (Å²) in [5.74, 6) is 2.10. The van der Waals surface area contributed by atoms with Gasteiger partial charge in [-0.1, -0.05) is 0 Å². The molecule has 3 heterocycles. The first-order valence-corrected chi connectivity index (χ1v) is 11.0. The molecule has 1 aromatic carbocycles. The Morgan fingerprint density at radius 1 is 1.28 bits per heavy atom. The van der Waals surface area contributed by atoms with Crippen molar-refractivity contribution in [2.75, 3.05) is 12.9 Å². The number of halogens is 1. The van der Waals surface area contributed by atoms with Gasteiger partial charge in [-0.3, -0.25) is 10.4 Å². The van der Waals surface area contributed by atoms with Crippen LogP contribution >= 0.6 is 23.1 Å². The van der Waals surface area contributed by atoms with Gasteiger partial charge in [0.05, 0.1) is 21.6 Å². The Labute approximate surface area is 177 Å². The van der Waals surface area contributed by atoms with Crippen LogP contribution in [0.3, 0.4) is 0 Å². The third-order valence-electron chi connectivity index (χ3n) is 5.00. The zero-order valence-corrected chi connectivity index (χ0v) is 18.3. The lowest BCUT2D eigenvalue weighted by atomic mass is 10.0. The maximum absolute atomic E-state index is 14.9. The van der Waals surface area contributed by atoms with Crippen molar-refractivity contribution in [3.63, 3.8) is 0 Å². The molecule has 0 radical (unpaired) electrons. The van der Waals surface area contributed by atoms with Crippen LogP contribution < -0.4 is 15.9 Å². The lowest BCUT2D eigenvalue weighted by Gasteiger charge is -2.36. The molecule has 2 aliphatic heterocycles. The highest BCUT2D eigenvalue weighted by molar-refractivity contribution is 8.01. The molecule has 0 aliphatic carbocycles. The summed E-state index contributed by atoms with van der Waals surface area (Å²) < 4.78 is 25.7. The Hall–Kier alpha value is -2.26. The quantitative estimate of drug-likeness (QED) is 0.761. The minimum atomic E-state index is -0.699. The maximum Gasteiger partial charge on any atom is 0.240 e. The van der Waals surface area contributed by atoms with E-state index in [0.29, 0.717) is 27.2 Å². The van der Waals surface area contributed by atoms with Gasteiger partial charge in [0.15, 0.2) is 0 Å². The topological polar surface area (TPSA) is 81.2 Å². The van der Waals surface area contributed by atoms with E-state index in [1.807, 2.05) is 45.0 Å². The molecule has 2 aliphatic rings. The van der Waals surface area contributed by atoms with E-state index < -0.39 is 11.8 Å². The number of aliphatic imine (C=N–C) groups is 1. The van der Waals surface area contributed by atoms with Crippen molar-refractivity contribution < 1.29 is 13.9 Å². The van der Waals surface area contributed by atoms with Crippen LogP contribution in [0.4, 0.5) is 4.39 Å². The van der Waals surface area contributed by atoms with Gasteiger partial charge in [0.1, 0.15) is 22.9 Å². The molecular formula is C20H23FN4O2S2. The second-order valence-corrected chi connectivity index (χ2v) is 10.3. The number of nitrogens with one attached hydrogen (secondary N) is 1. The normalized spacial score (nSPS) is 25.6. The molecule has 9 heteroatoms. The molecule has 1 unspecified atom stereocenters. The molecular weight excluding hydrogens is 411 g/mol. The first kappa shape index (κ1) is 20.0. The third-order valence-corrected chi connectivity index (χ3v) is 8.05. The lowest BCUT2D eigenvalue weighted by molar-refractivity contribution is 0.195. The minimum absolute atomic E-state index is 0.243. The molecule has 0 saturated carbocycles. The highest BCUT2D eigenvalue weighted by Gasteiger charge is 2.41. The molecule has 0 fully saturated rings. The lowest BCUT2D eigenvalue weighted by Crippen LogP contribution is -2.44. The summed E-state index contributed by atoms with van der Waals surface area (Å²) in [6.07, 6.45) is -0.544. The van der Waals surface area contributed by atoms with E-state index in [1.54, 1.807) is 18.9 Å². The number of rotatable bonds is 4. The molecule has 3 N–H and O–H groups in total. The molecule has 0 saturated heterocycles. The van der Waals surface area contributed by atoms with E-state index in [4.69, 9.17) is 15.2 Å². The Morgan fingerprint density at radius 3 is 2.66 bits per heavy atom. The highest BCUT2D eigenvalue weighted by atomic mass is 32.2. The number of hydrogen-bond acceptors (Lipinski definition) is 8. The van der Waals surface area contributed by atoms with Crippen molar-refractivity contribution in [2.45, 2.75) is 37.3 Å². The zero-order valence-electron chi connectivity index (χ0n) is 16.7. The van der Waals surface area contributed by atoms with Gasteiger partial charge < -0.3 is 15.2 Å².